The van der Waals surface area contributed by atoms with Gasteiger partial charge in [0.15, 0.2) is 0 Å². The van der Waals surface area contributed by atoms with Crippen molar-refractivity contribution < 1.29 is 0 Å². The lowest BCUT2D eigenvalue weighted by atomic mass is 9.99. The number of hydrogen-bond donors (Lipinski definition) is 1. The van der Waals surface area contributed by atoms with E-state index < -0.39 is 0 Å². The fourth-order valence-corrected chi connectivity index (χ4v) is 5.20. The average Bonchev–Trinajstić information content (AvgIpc) is 2.98. The quantitative estimate of drug-likeness (QED) is 0.892. The predicted octanol–water partition coefficient (Wildman–Crippen LogP) is 4.37. The Kier molecular flexibility index (Phi) is 3.34. The summed E-state index contributed by atoms with van der Waals surface area (Å²) in [6, 6.07) is 4.54. The molecule has 98 valence electrons. The molecule has 19 heavy (non-hydrogen) atoms. The molecular weight excluding hydrogens is 272 g/mol. The van der Waals surface area contributed by atoms with Crippen molar-refractivity contribution in [3.63, 3.8) is 0 Å². The van der Waals surface area contributed by atoms with E-state index >= 15 is 0 Å². The molecule has 3 rings (SSSR count). The van der Waals surface area contributed by atoms with Gasteiger partial charge < -0.3 is 5.73 Å². The molecular formula is C15H16N2S2. The van der Waals surface area contributed by atoms with Gasteiger partial charge in [0.2, 0.25) is 0 Å². The summed E-state index contributed by atoms with van der Waals surface area (Å²) < 4.78 is 0. The minimum Gasteiger partial charge on any atom is -0.397 e. The first-order chi connectivity index (χ1) is 9.24. The molecule has 0 radical (unpaired) electrons. The van der Waals surface area contributed by atoms with Crippen LogP contribution in [0.15, 0.2) is 6.07 Å². The third-order valence-electron chi connectivity index (χ3n) is 3.72. The number of fused-ring (bicyclic) bond motifs is 1. The zero-order valence-electron chi connectivity index (χ0n) is 11.0. The Morgan fingerprint density at radius 1 is 1.32 bits per heavy atom. The summed E-state index contributed by atoms with van der Waals surface area (Å²) in [5.41, 5.74) is 9.43. The van der Waals surface area contributed by atoms with Crippen molar-refractivity contribution in [1.29, 1.82) is 5.26 Å². The van der Waals surface area contributed by atoms with Crippen LogP contribution >= 0.6 is 22.7 Å². The van der Waals surface area contributed by atoms with Crippen LogP contribution in [-0.4, -0.2) is 0 Å². The van der Waals surface area contributed by atoms with Crippen molar-refractivity contribution in [1.82, 2.24) is 0 Å². The molecule has 0 spiro atoms. The highest BCUT2D eigenvalue weighted by atomic mass is 32.1. The van der Waals surface area contributed by atoms with Crippen LogP contribution in [0.25, 0.3) is 9.75 Å². The number of rotatable bonds is 2. The van der Waals surface area contributed by atoms with Crippen molar-refractivity contribution >= 4 is 28.4 Å². The molecule has 4 heteroatoms. The van der Waals surface area contributed by atoms with E-state index in [9.17, 15) is 0 Å². The topological polar surface area (TPSA) is 49.8 Å². The van der Waals surface area contributed by atoms with Gasteiger partial charge in [-0.3, -0.25) is 0 Å². The standard InChI is InChI=1S/C15H16N2S2/c1-2-10-14(17)13(8-16)19-15(10)12-7-9-5-3-4-6-11(9)18-12/h7H,2-6,17H2,1H3. The Hall–Kier alpha value is -1.31. The van der Waals surface area contributed by atoms with Crippen LogP contribution < -0.4 is 5.73 Å². The molecule has 0 amide bonds. The number of nitrogens with zero attached hydrogens (tertiary/aromatic N) is 1. The van der Waals surface area contributed by atoms with E-state index in [1.54, 1.807) is 11.3 Å². The van der Waals surface area contributed by atoms with Crippen molar-refractivity contribution in [2.24, 2.45) is 0 Å². The second kappa shape index (κ2) is 4.99. The van der Waals surface area contributed by atoms with Gasteiger partial charge in [0.1, 0.15) is 10.9 Å². The van der Waals surface area contributed by atoms with Gasteiger partial charge in [-0.05, 0) is 49.3 Å². The third-order valence-corrected chi connectivity index (χ3v) is 6.29. The highest BCUT2D eigenvalue weighted by Gasteiger charge is 2.20. The van der Waals surface area contributed by atoms with E-state index in [1.165, 1.54) is 45.9 Å². The maximum Gasteiger partial charge on any atom is 0.128 e. The van der Waals surface area contributed by atoms with Gasteiger partial charge in [-0.2, -0.15) is 5.26 Å². The van der Waals surface area contributed by atoms with Crippen LogP contribution in [0.4, 0.5) is 5.69 Å². The number of nitriles is 1. The van der Waals surface area contributed by atoms with Gasteiger partial charge in [0.05, 0.1) is 10.6 Å². The van der Waals surface area contributed by atoms with Gasteiger partial charge in [-0.25, -0.2) is 0 Å². The van der Waals surface area contributed by atoms with Gasteiger partial charge >= 0.3 is 0 Å². The monoisotopic (exact) mass is 288 g/mol. The first kappa shape index (κ1) is 12.7. The fraction of sp³-hybridized carbons (Fsp3) is 0.400. The molecule has 2 aromatic heterocycles. The average molecular weight is 288 g/mol. The second-order valence-electron chi connectivity index (χ2n) is 4.88. The molecule has 0 aliphatic heterocycles. The third kappa shape index (κ3) is 2.07. The van der Waals surface area contributed by atoms with E-state index in [-0.39, 0.29) is 0 Å². The first-order valence-corrected chi connectivity index (χ1v) is 8.31. The summed E-state index contributed by atoms with van der Waals surface area (Å²) in [5, 5.41) is 9.14. The number of nitrogens with two attached hydrogens (primary N) is 1. The van der Waals surface area contributed by atoms with Crippen LogP contribution in [0.5, 0.6) is 0 Å². The maximum atomic E-state index is 9.14. The van der Waals surface area contributed by atoms with Gasteiger partial charge in [0, 0.05) is 9.75 Å². The van der Waals surface area contributed by atoms with E-state index in [4.69, 9.17) is 11.0 Å². The SMILES string of the molecule is CCc1c(-c2cc3c(s2)CCCC3)sc(C#N)c1N. The smallest absolute Gasteiger partial charge is 0.128 e. The summed E-state index contributed by atoms with van der Waals surface area (Å²) in [4.78, 5) is 4.73. The van der Waals surface area contributed by atoms with Crippen LogP contribution in [0.2, 0.25) is 0 Å². The molecule has 0 saturated heterocycles. The number of nitrogen functional groups attached to an aromatic ring is 1. The Balaban J connectivity index is 2.11. The van der Waals surface area contributed by atoms with Gasteiger partial charge in [0.25, 0.3) is 0 Å². The number of hydrogen-bond acceptors (Lipinski definition) is 4. The Morgan fingerprint density at radius 2 is 2.11 bits per heavy atom. The van der Waals surface area contributed by atoms with E-state index in [1.807, 2.05) is 11.3 Å². The lowest BCUT2D eigenvalue weighted by Gasteiger charge is -2.08. The Morgan fingerprint density at radius 3 is 2.79 bits per heavy atom. The molecule has 0 aromatic carbocycles. The fourth-order valence-electron chi connectivity index (χ4n) is 2.71. The van der Waals surface area contributed by atoms with E-state index in [0.29, 0.717) is 10.6 Å². The molecule has 0 unspecified atom stereocenters. The molecule has 2 nitrogen and oxygen atoms in total. The molecule has 1 aliphatic rings. The minimum atomic E-state index is 0.665. The van der Waals surface area contributed by atoms with Crippen molar-refractivity contribution in [2.75, 3.05) is 5.73 Å². The van der Waals surface area contributed by atoms with Crippen molar-refractivity contribution in [3.05, 3.63) is 26.9 Å². The molecule has 1 aliphatic carbocycles. The van der Waals surface area contributed by atoms with Crippen LogP contribution in [0.3, 0.4) is 0 Å². The normalized spacial score (nSPS) is 14.1. The molecule has 0 bridgehead atoms. The molecule has 0 saturated carbocycles. The van der Waals surface area contributed by atoms with Gasteiger partial charge in [-0.15, -0.1) is 22.7 Å². The largest absolute Gasteiger partial charge is 0.397 e. The van der Waals surface area contributed by atoms with Crippen LogP contribution in [0, 0.1) is 11.3 Å². The molecule has 2 aromatic rings. The van der Waals surface area contributed by atoms with Gasteiger partial charge in [-0.1, -0.05) is 6.92 Å². The summed E-state index contributed by atoms with van der Waals surface area (Å²) in [6.07, 6.45) is 5.93. The van der Waals surface area contributed by atoms with Crippen molar-refractivity contribution in [2.45, 2.75) is 39.0 Å². The summed E-state index contributed by atoms with van der Waals surface area (Å²) >= 11 is 3.45. The number of thiophene rings is 2. The molecule has 0 atom stereocenters. The zero-order valence-corrected chi connectivity index (χ0v) is 12.6. The highest BCUT2D eigenvalue weighted by Crippen LogP contribution is 2.43. The minimum absolute atomic E-state index is 0.665. The predicted molar refractivity (Wildman–Crippen MR) is 82.8 cm³/mol. The molecule has 2 heterocycles. The summed E-state index contributed by atoms with van der Waals surface area (Å²) in [7, 11) is 0. The van der Waals surface area contributed by atoms with E-state index in [2.05, 4.69) is 19.1 Å². The Bertz CT molecular complexity index is 635. The lowest BCUT2D eigenvalue weighted by Crippen LogP contribution is -1.96. The molecule has 2 N–H and O–H groups in total. The Labute approximate surface area is 121 Å². The highest BCUT2D eigenvalue weighted by molar-refractivity contribution is 7.23. The number of anilines is 1. The van der Waals surface area contributed by atoms with Crippen LogP contribution in [0.1, 0.15) is 40.6 Å². The van der Waals surface area contributed by atoms with Crippen molar-refractivity contribution in [3.8, 4) is 15.8 Å². The second-order valence-corrected chi connectivity index (χ2v) is 7.04. The maximum absolute atomic E-state index is 9.14. The summed E-state index contributed by atoms with van der Waals surface area (Å²) in [6.45, 7) is 2.11. The first-order valence-electron chi connectivity index (χ1n) is 6.67. The zero-order chi connectivity index (χ0) is 13.4. The molecule has 0 fully saturated rings. The lowest BCUT2D eigenvalue weighted by molar-refractivity contribution is 0.697. The number of aryl methyl sites for hydroxylation is 2. The van der Waals surface area contributed by atoms with Crippen LogP contribution in [-0.2, 0) is 19.3 Å². The summed E-state index contributed by atoms with van der Waals surface area (Å²) in [5.74, 6) is 0. The van der Waals surface area contributed by atoms with E-state index in [0.717, 1.165) is 12.0 Å².